The number of quaternary nitrogens is 1. The van der Waals surface area contributed by atoms with Crippen molar-refractivity contribution in [2.45, 2.75) is 18.4 Å². The number of halogens is 1. The van der Waals surface area contributed by atoms with Crippen molar-refractivity contribution in [2.24, 2.45) is 0 Å². The van der Waals surface area contributed by atoms with Gasteiger partial charge in [0.05, 0.1) is 36.0 Å². The van der Waals surface area contributed by atoms with Crippen molar-refractivity contribution >= 4 is 15.7 Å². The lowest BCUT2D eigenvalue weighted by Crippen LogP contribution is -3.13. The van der Waals surface area contributed by atoms with E-state index in [-0.39, 0.29) is 16.4 Å². The topological polar surface area (TPSA) is 85.0 Å². The van der Waals surface area contributed by atoms with Crippen LogP contribution in [-0.4, -0.2) is 43.8 Å². The minimum Gasteiger partial charge on any atom is -0.329 e. The third kappa shape index (κ3) is 4.32. The number of aryl methyl sites for hydroxylation is 1. The van der Waals surface area contributed by atoms with Crippen LogP contribution in [0.15, 0.2) is 47.4 Å². The molecule has 0 atom stereocenters. The fraction of sp³-hybridized carbons (Fsp3) is 0.333. The molecule has 1 saturated heterocycles. The van der Waals surface area contributed by atoms with Gasteiger partial charge in [0.1, 0.15) is 12.4 Å². The number of hydrogen-bond donors (Lipinski definition) is 1. The van der Waals surface area contributed by atoms with Crippen LogP contribution in [0.4, 0.5) is 10.1 Å². The lowest BCUT2D eigenvalue weighted by molar-refractivity contribution is -0.917. The van der Waals surface area contributed by atoms with Crippen molar-refractivity contribution in [3.63, 3.8) is 0 Å². The molecule has 1 aliphatic rings. The highest BCUT2D eigenvalue weighted by Gasteiger charge is 2.32. The van der Waals surface area contributed by atoms with Crippen LogP contribution >= 0.6 is 0 Å². The average Bonchev–Trinajstić information content (AvgIpc) is 2.62. The number of benzene rings is 2. The third-order valence-corrected chi connectivity index (χ3v) is 6.81. The van der Waals surface area contributed by atoms with Crippen LogP contribution in [0.1, 0.15) is 11.1 Å². The number of non-ortho nitro benzene ring substituents is 1. The quantitative estimate of drug-likeness (QED) is 0.609. The Morgan fingerprint density at radius 2 is 1.89 bits per heavy atom. The molecule has 0 unspecified atom stereocenters. The van der Waals surface area contributed by atoms with Gasteiger partial charge in [0.15, 0.2) is 0 Å². The molecule has 2 aromatic rings. The molecule has 1 heterocycles. The zero-order chi connectivity index (χ0) is 19.6. The Hall–Kier alpha value is -2.36. The van der Waals surface area contributed by atoms with Crippen LogP contribution in [0.3, 0.4) is 0 Å². The summed E-state index contributed by atoms with van der Waals surface area (Å²) in [6.45, 7) is 4.06. The number of rotatable bonds is 5. The van der Waals surface area contributed by atoms with Gasteiger partial charge >= 0.3 is 0 Å². The van der Waals surface area contributed by atoms with Gasteiger partial charge in [-0.1, -0.05) is 18.2 Å². The number of nitro groups is 1. The van der Waals surface area contributed by atoms with Gasteiger partial charge in [-0.15, -0.1) is 0 Å². The second-order valence-corrected chi connectivity index (χ2v) is 8.57. The molecule has 0 saturated carbocycles. The second-order valence-electron chi connectivity index (χ2n) is 6.67. The smallest absolute Gasteiger partial charge is 0.270 e. The van der Waals surface area contributed by atoms with E-state index in [0.717, 1.165) is 11.6 Å². The van der Waals surface area contributed by atoms with Crippen LogP contribution < -0.4 is 4.90 Å². The third-order valence-electron chi connectivity index (χ3n) is 4.77. The molecule has 0 amide bonds. The predicted octanol–water partition coefficient (Wildman–Crippen LogP) is 1.13. The molecule has 1 N–H and O–H groups in total. The summed E-state index contributed by atoms with van der Waals surface area (Å²) in [7, 11) is -3.80. The van der Waals surface area contributed by atoms with E-state index in [1.165, 1.54) is 33.5 Å². The van der Waals surface area contributed by atoms with Gasteiger partial charge in [0.25, 0.3) is 5.69 Å². The standard InChI is InChI=1S/C18H20FN3O4S/c1-14-5-6-17(22(23)24)12-18(14)27(25,26)21-9-7-20(8-10-21)13-15-3-2-4-16(19)11-15/h2-6,11-12H,7-10,13H2,1H3/p+1. The first-order valence-electron chi connectivity index (χ1n) is 8.60. The maximum absolute atomic E-state index is 13.3. The molecule has 144 valence electrons. The lowest BCUT2D eigenvalue weighted by atomic mass is 10.2. The normalized spacial score (nSPS) is 16.4. The summed E-state index contributed by atoms with van der Waals surface area (Å²) in [5.41, 5.74) is 1.11. The SMILES string of the molecule is Cc1ccc([N+](=O)[O-])cc1S(=O)(=O)N1CC[NH+](Cc2cccc(F)c2)CC1. The van der Waals surface area contributed by atoms with Crippen LogP contribution in [0.2, 0.25) is 0 Å². The van der Waals surface area contributed by atoms with Crippen LogP contribution in [-0.2, 0) is 16.6 Å². The first-order valence-corrected chi connectivity index (χ1v) is 10.0. The Morgan fingerprint density at radius 1 is 1.19 bits per heavy atom. The molecule has 2 aromatic carbocycles. The van der Waals surface area contributed by atoms with Crippen molar-refractivity contribution in [2.75, 3.05) is 26.2 Å². The minimum absolute atomic E-state index is 0.0229. The van der Waals surface area contributed by atoms with Gasteiger partial charge in [-0.05, 0) is 24.6 Å². The Bertz CT molecular complexity index is 957. The van der Waals surface area contributed by atoms with Gasteiger partial charge in [0.2, 0.25) is 10.0 Å². The number of nitrogens with zero attached hydrogens (tertiary/aromatic N) is 2. The Labute approximate surface area is 157 Å². The van der Waals surface area contributed by atoms with Crippen molar-refractivity contribution in [1.29, 1.82) is 0 Å². The van der Waals surface area contributed by atoms with E-state index in [1.54, 1.807) is 13.0 Å². The lowest BCUT2D eigenvalue weighted by Gasteiger charge is -2.31. The molecule has 0 aliphatic carbocycles. The van der Waals surface area contributed by atoms with Crippen molar-refractivity contribution in [1.82, 2.24) is 4.31 Å². The molecule has 1 fully saturated rings. The van der Waals surface area contributed by atoms with Gasteiger partial charge in [0, 0.05) is 17.7 Å². The molecule has 7 nitrogen and oxygen atoms in total. The van der Waals surface area contributed by atoms with Crippen LogP contribution in [0.25, 0.3) is 0 Å². The van der Waals surface area contributed by atoms with E-state index in [9.17, 15) is 22.9 Å². The molecular weight excluding hydrogens is 373 g/mol. The fourth-order valence-electron chi connectivity index (χ4n) is 3.27. The Kier molecular flexibility index (Phi) is 5.54. The molecule has 27 heavy (non-hydrogen) atoms. The number of sulfonamides is 1. The molecule has 0 bridgehead atoms. The van der Waals surface area contributed by atoms with Crippen molar-refractivity contribution in [3.05, 3.63) is 69.5 Å². The first kappa shape index (κ1) is 19.4. The van der Waals surface area contributed by atoms with E-state index in [1.807, 2.05) is 6.07 Å². The summed E-state index contributed by atoms with van der Waals surface area (Å²) in [6, 6.07) is 10.3. The first-order chi connectivity index (χ1) is 12.8. The Morgan fingerprint density at radius 3 is 2.52 bits per heavy atom. The highest BCUT2D eigenvalue weighted by molar-refractivity contribution is 7.89. The predicted molar refractivity (Wildman–Crippen MR) is 97.4 cm³/mol. The summed E-state index contributed by atoms with van der Waals surface area (Å²) in [5.74, 6) is -0.283. The number of hydrogen-bond acceptors (Lipinski definition) is 4. The fourth-order valence-corrected chi connectivity index (χ4v) is 4.96. The van der Waals surface area contributed by atoms with Crippen molar-refractivity contribution < 1.29 is 22.6 Å². The molecule has 1 aliphatic heterocycles. The number of nitrogens with one attached hydrogen (secondary N) is 1. The van der Waals surface area contributed by atoms with Gasteiger partial charge in [-0.3, -0.25) is 10.1 Å². The molecular formula is C18H21FN3O4S+. The maximum atomic E-state index is 13.3. The second kappa shape index (κ2) is 7.71. The zero-order valence-electron chi connectivity index (χ0n) is 14.9. The van der Waals surface area contributed by atoms with Crippen molar-refractivity contribution in [3.8, 4) is 0 Å². The largest absolute Gasteiger partial charge is 0.329 e. The molecule has 0 radical (unpaired) electrons. The summed E-state index contributed by atoms with van der Waals surface area (Å²) in [4.78, 5) is 11.5. The van der Waals surface area contributed by atoms with Crippen LogP contribution in [0, 0.1) is 22.9 Å². The summed E-state index contributed by atoms with van der Waals surface area (Å²) in [6.07, 6.45) is 0. The van der Waals surface area contributed by atoms with Gasteiger partial charge < -0.3 is 4.90 Å². The molecule has 3 rings (SSSR count). The number of nitro benzene ring substituents is 1. The molecule has 0 aromatic heterocycles. The Balaban J connectivity index is 1.71. The summed E-state index contributed by atoms with van der Waals surface area (Å²) in [5, 5.41) is 11.0. The van der Waals surface area contributed by atoms with Gasteiger partial charge in [-0.2, -0.15) is 4.31 Å². The highest BCUT2D eigenvalue weighted by atomic mass is 32.2. The van der Waals surface area contributed by atoms with Crippen LogP contribution in [0.5, 0.6) is 0 Å². The van der Waals surface area contributed by atoms with Gasteiger partial charge in [-0.25, -0.2) is 12.8 Å². The highest BCUT2D eigenvalue weighted by Crippen LogP contribution is 2.24. The summed E-state index contributed by atoms with van der Waals surface area (Å²) < 4.78 is 40.6. The maximum Gasteiger partial charge on any atom is 0.270 e. The van der Waals surface area contributed by atoms with E-state index in [0.29, 0.717) is 38.3 Å². The van der Waals surface area contributed by atoms with E-state index in [2.05, 4.69) is 0 Å². The number of piperazine rings is 1. The average molecular weight is 394 g/mol. The van der Waals surface area contributed by atoms with E-state index >= 15 is 0 Å². The molecule has 0 spiro atoms. The summed E-state index contributed by atoms with van der Waals surface area (Å²) >= 11 is 0. The van der Waals surface area contributed by atoms with E-state index in [4.69, 9.17) is 0 Å². The molecule has 9 heteroatoms. The monoisotopic (exact) mass is 394 g/mol. The minimum atomic E-state index is -3.80. The zero-order valence-corrected chi connectivity index (χ0v) is 15.7. The van der Waals surface area contributed by atoms with E-state index < -0.39 is 14.9 Å².